The molecule has 4 aromatic rings. The Morgan fingerprint density at radius 1 is 0.840 bits per heavy atom. The van der Waals surface area contributed by atoms with Gasteiger partial charge < -0.3 is 9.47 Å². The molecule has 1 amide bonds. The van der Waals surface area contributed by atoms with Gasteiger partial charge in [0.25, 0.3) is 0 Å². The Balaban J connectivity index is 1.70. The number of hydrogen-bond acceptors (Lipinski definition) is 8. The molecule has 0 radical (unpaired) electrons. The van der Waals surface area contributed by atoms with E-state index in [2.05, 4.69) is 10.1 Å². The van der Waals surface area contributed by atoms with Gasteiger partial charge in [0.2, 0.25) is 0 Å². The fourth-order valence-corrected chi connectivity index (χ4v) is 5.10. The van der Waals surface area contributed by atoms with Crippen LogP contribution >= 0.6 is 11.6 Å². The fourth-order valence-electron chi connectivity index (χ4n) is 4.88. The highest BCUT2D eigenvalue weighted by atomic mass is 35.5. The van der Waals surface area contributed by atoms with Crippen molar-refractivity contribution in [3.63, 3.8) is 0 Å². The highest BCUT2D eigenvalue weighted by Gasteiger charge is 2.34. The number of rotatable bonds is 7. The number of aromatic nitrogens is 4. The Bertz CT molecular complexity index is 1940. The third kappa shape index (κ3) is 9.46. The predicted molar refractivity (Wildman–Crippen MR) is 183 cm³/mol. The first-order valence-corrected chi connectivity index (χ1v) is 16.0. The second kappa shape index (κ2) is 14.2. The van der Waals surface area contributed by atoms with Crippen LogP contribution in [0.2, 0.25) is 5.02 Å². The van der Waals surface area contributed by atoms with Crippen LogP contribution in [0.3, 0.4) is 0 Å². The zero-order valence-electron chi connectivity index (χ0n) is 29.3. The highest BCUT2D eigenvalue weighted by molar-refractivity contribution is 6.31. The molecule has 2 aromatic carbocycles. The molecular weight excluding hydrogens is 675 g/mol. The van der Waals surface area contributed by atoms with Crippen LogP contribution < -0.4 is 4.90 Å². The Kier molecular flexibility index (Phi) is 10.8. The molecule has 14 heteroatoms. The largest absolute Gasteiger partial charge is 0.443 e. The summed E-state index contributed by atoms with van der Waals surface area (Å²) in [6.45, 7) is 15.5. The summed E-state index contributed by atoms with van der Waals surface area (Å²) in [5.74, 6) is 0.110. The summed E-state index contributed by atoms with van der Waals surface area (Å²) in [7, 11) is 0. The summed E-state index contributed by atoms with van der Waals surface area (Å²) >= 11 is 5.73. The van der Waals surface area contributed by atoms with Crippen LogP contribution in [0.25, 0.3) is 11.4 Å². The van der Waals surface area contributed by atoms with Crippen molar-refractivity contribution in [3.8, 4) is 11.4 Å². The minimum absolute atomic E-state index is 0.0577. The van der Waals surface area contributed by atoms with Gasteiger partial charge in [0.1, 0.15) is 17.0 Å². The smallest absolute Gasteiger partial charge is 0.435 e. The van der Waals surface area contributed by atoms with Crippen LogP contribution in [0.1, 0.15) is 75.1 Å². The van der Waals surface area contributed by atoms with Crippen LogP contribution in [-0.4, -0.2) is 48.9 Å². The fraction of sp³-hybridized carbons (Fsp3) is 0.389. The molecule has 0 saturated heterocycles. The maximum atomic E-state index is 13.7. The van der Waals surface area contributed by atoms with E-state index in [1.54, 1.807) is 73.6 Å². The maximum absolute atomic E-state index is 13.7. The Morgan fingerprint density at radius 3 is 2.04 bits per heavy atom. The highest BCUT2D eigenvalue weighted by Crippen LogP contribution is 2.36. The van der Waals surface area contributed by atoms with Crippen LogP contribution in [0.15, 0.2) is 48.7 Å². The molecule has 0 N–H and O–H groups in total. The SMILES string of the molecule is Cc1ccc(CC(=O)Cc2ccc(Cl)c(C(F)(F)F)c2)cc1-c1ncc(C)c(N(C(=O)OC(C)(C)C)c2cc(C)n(C(=O)OC(C)(C)C)n2)n1. The van der Waals surface area contributed by atoms with E-state index in [0.717, 1.165) is 27.3 Å². The average Bonchev–Trinajstić information content (AvgIpc) is 3.34. The van der Waals surface area contributed by atoms with Crippen molar-refractivity contribution in [2.45, 2.75) is 92.5 Å². The Labute approximate surface area is 293 Å². The summed E-state index contributed by atoms with van der Waals surface area (Å²) < 4.78 is 52.3. The summed E-state index contributed by atoms with van der Waals surface area (Å²) in [6.07, 6.45) is -4.94. The number of ether oxygens (including phenoxy) is 2. The molecule has 0 aliphatic rings. The van der Waals surface area contributed by atoms with E-state index in [1.165, 1.54) is 18.3 Å². The van der Waals surface area contributed by atoms with E-state index in [9.17, 15) is 27.6 Å². The molecule has 0 saturated carbocycles. The third-order valence-corrected chi connectivity index (χ3v) is 7.41. The number of anilines is 2. The van der Waals surface area contributed by atoms with E-state index in [0.29, 0.717) is 22.4 Å². The number of aryl methyl sites for hydroxylation is 3. The van der Waals surface area contributed by atoms with Gasteiger partial charge in [-0.2, -0.15) is 17.9 Å². The monoisotopic (exact) mass is 713 g/mol. The number of nitrogens with zero attached hydrogens (tertiary/aromatic N) is 5. The van der Waals surface area contributed by atoms with Crippen LogP contribution in [0.5, 0.6) is 0 Å². The van der Waals surface area contributed by atoms with Crippen molar-refractivity contribution in [1.29, 1.82) is 0 Å². The Hall–Kier alpha value is -4.78. The number of Topliss-reactive ketones (excluding diaryl/α,β-unsaturated/α-hetero) is 1. The number of benzene rings is 2. The summed E-state index contributed by atoms with van der Waals surface area (Å²) in [5.41, 5.74) is 0.313. The number of ketones is 1. The molecule has 266 valence electrons. The first kappa shape index (κ1) is 38.0. The molecular formula is C36H39ClF3N5O5. The van der Waals surface area contributed by atoms with Gasteiger partial charge in [-0.25, -0.2) is 24.5 Å². The van der Waals surface area contributed by atoms with Gasteiger partial charge in [-0.3, -0.25) is 4.79 Å². The van der Waals surface area contributed by atoms with Crippen LogP contribution in [0.4, 0.5) is 34.4 Å². The molecule has 4 rings (SSSR count). The second-order valence-corrected chi connectivity index (χ2v) is 14.3. The Morgan fingerprint density at radius 2 is 1.44 bits per heavy atom. The minimum atomic E-state index is -4.65. The first-order chi connectivity index (χ1) is 23.0. The molecule has 0 aliphatic carbocycles. The number of hydrogen-bond donors (Lipinski definition) is 0. The molecule has 0 bridgehead atoms. The predicted octanol–water partition coefficient (Wildman–Crippen LogP) is 9.15. The van der Waals surface area contributed by atoms with E-state index in [4.69, 9.17) is 26.1 Å². The lowest BCUT2D eigenvalue weighted by molar-refractivity contribution is -0.137. The maximum Gasteiger partial charge on any atom is 0.435 e. The van der Waals surface area contributed by atoms with Gasteiger partial charge in [0.05, 0.1) is 16.3 Å². The molecule has 50 heavy (non-hydrogen) atoms. The van der Waals surface area contributed by atoms with E-state index >= 15 is 0 Å². The molecule has 0 atom stereocenters. The van der Waals surface area contributed by atoms with Crippen molar-refractivity contribution in [3.05, 3.63) is 87.2 Å². The van der Waals surface area contributed by atoms with Gasteiger partial charge in [-0.1, -0.05) is 29.8 Å². The summed E-state index contributed by atoms with van der Waals surface area (Å²) in [4.78, 5) is 50.1. The van der Waals surface area contributed by atoms with Crippen molar-refractivity contribution < 1.29 is 37.0 Å². The lowest BCUT2D eigenvalue weighted by Crippen LogP contribution is -2.35. The molecule has 0 aliphatic heterocycles. The standard InChI is InChI=1S/C36H39ClF3N5O5/c1-20-10-11-23(15-25(46)16-24-12-13-28(37)27(18-24)36(38,39)40)17-26(20)30-41-19-21(2)31(42-30)44(32(47)49-34(4,5)6)29-14-22(3)45(43-29)33(48)50-35(7,8)9/h10-14,17-19H,15-16H2,1-9H3. The van der Waals surface area contributed by atoms with Gasteiger partial charge in [-0.05, 0) is 97.2 Å². The summed E-state index contributed by atoms with van der Waals surface area (Å²) in [5, 5.41) is 3.95. The van der Waals surface area contributed by atoms with Gasteiger partial charge in [-0.15, -0.1) is 5.10 Å². The van der Waals surface area contributed by atoms with Crippen molar-refractivity contribution >= 4 is 41.2 Å². The van der Waals surface area contributed by atoms with E-state index in [1.807, 2.05) is 6.92 Å². The number of amides is 1. The lowest BCUT2D eigenvalue weighted by atomic mass is 9.98. The van der Waals surface area contributed by atoms with Crippen LogP contribution in [0, 0.1) is 20.8 Å². The van der Waals surface area contributed by atoms with Crippen molar-refractivity contribution in [1.82, 2.24) is 19.7 Å². The van der Waals surface area contributed by atoms with E-state index in [-0.39, 0.29) is 41.6 Å². The zero-order valence-corrected chi connectivity index (χ0v) is 30.1. The van der Waals surface area contributed by atoms with E-state index < -0.39 is 40.2 Å². The molecule has 2 heterocycles. The zero-order chi connectivity index (χ0) is 37.3. The molecule has 0 fully saturated rings. The number of alkyl halides is 3. The number of carbonyl (C=O) groups is 3. The first-order valence-electron chi connectivity index (χ1n) is 15.7. The third-order valence-electron chi connectivity index (χ3n) is 7.08. The number of halogens is 4. The van der Waals surface area contributed by atoms with Gasteiger partial charge >= 0.3 is 18.4 Å². The molecule has 10 nitrogen and oxygen atoms in total. The number of carbonyl (C=O) groups excluding carboxylic acids is 3. The second-order valence-electron chi connectivity index (χ2n) is 13.9. The van der Waals surface area contributed by atoms with Crippen LogP contribution in [-0.2, 0) is 33.3 Å². The summed E-state index contributed by atoms with van der Waals surface area (Å²) in [6, 6.07) is 10.2. The lowest BCUT2D eigenvalue weighted by Gasteiger charge is -2.26. The van der Waals surface area contributed by atoms with Crippen molar-refractivity contribution in [2.24, 2.45) is 0 Å². The van der Waals surface area contributed by atoms with Crippen molar-refractivity contribution in [2.75, 3.05) is 4.90 Å². The molecule has 2 aromatic heterocycles. The minimum Gasteiger partial charge on any atom is -0.443 e. The molecule has 0 unspecified atom stereocenters. The topological polar surface area (TPSA) is 117 Å². The molecule has 0 spiro atoms. The quantitative estimate of drug-likeness (QED) is 0.186. The normalized spacial score (nSPS) is 12.1. The van der Waals surface area contributed by atoms with Gasteiger partial charge in [0.15, 0.2) is 17.5 Å². The van der Waals surface area contributed by atoms with Gasteiger partial charge in [0, 0.05) is 36.2 Å². The average molecular weight is 714 g/mol.